The van der Waals surface area contributed by atoms with Crippen LogP contribution < -0.4 is 0 Å². The molecule has 0 spiro atoms. The Morgan fingerprint density at radius 3 is 0.892 bits per heavy atom. The minimum atomic E-state index is 0.860. The van der Waals surface area contributed by atoms with Gasteiger partial charge in [0.05, 0.1) is 66.3 Å². The van der Waals surface area contributed by atoms with Crippen molar-refractivity contribution in [2.24, 2.45) is 0 Å². The lowest BCUT2D eigenvalue weighted by atomic mass is 10.1. The van der Waals surface area contributed by atoms with Gasteiger partial charge >= 0.3 is 0 Å². The monoisotopic (exact) mass is 828 g/mol. The standard InChI is InChI=1S/C60H36N4O/c1-7-21-47-39(15-1)40-16-2-8-22-48(40)61(47)37-31-33-53-45(35-37)43-19-5-9-23-49(43)62(53)38-32-34-54-46(36-38)44-20-6-12-26-52(44)64(54)56-28-14-30-58-60(56)59-55(27-13-29-57(59)65-58)63-50-24-10-3-17-41(50)42-18-4-11-25-51(42)63/h1-36H. The highest BCUT2D eigenvalue weighted by molar-refractivity contribution is 6.19. The number of benzene rings is 10. The maximum absolute atomic E-state index is 6.77. The van der Waals surface area contributed by atoms with Crippen LogP contribution in [0.15, 0.2) is 223 Å². The van der Waals surface area contributed by atoms with Gasteiger partial charge in [0.15, 0.2) is 0 Å². The molecule has 0 bridgehead atoms. The zero-order chi connectivity index (χ0) is 42.3. The number of hydrogen-bond donors (Lipinski definition) is 0. The summed E-state index contributed by atoms with van der Waals surface area (Å²) in [6.45, 7) is 0. The van der Waals surface area contributed by atoms with Crippen molar-refractivity contribution in [3.8, 4) is 22.7 Å². The van der Waals surface area contributed by atoms with E-state index in [1.54, 1.807) is 0 Å². The van der Waals surface area contributed by atoms with E-state index in [0.29, 0.717) is 0 Å². The topological polar surface area (TPSA) is 32.9 Å². The molecule has 0 amide bonds. The Kier molecular flexibility index (Phi) is 6.89. The Morgan fingerprint density at radius 2 is 0.523 bits per heavy atom. The fraction of sp³-hybridized carbons (Fsp3) is 0. The van der Waals surface area contributed by atoms with E-state index >= 15 is 0 Å². The second-order valence-corrected chi connectivity index (χ2v) is 17.3. The van der Waals surface area contributed by atoms with Crippen molar-refractivity contribution in [2.45, 2.75) is 0 Å². The van der Waals surface area contributed by atoms with Crippen LogP contribution in [0.4, 0.5) is 0 Å². The lowest BCUT2D eigenvalue weighted by Gasteiger charge is -2.13. The molecule has 0 aliphatic heterocycles. The first kappa shape index (κ1) is 34.7. The molecule has 0 N–H and O–H groups in total. The molecule has 0 aliphatic rings. The zero-order valence-corrected chi connectivity index (χ0v) is 35.0. The molecule has 0 saturated heterocycles. The Morgan fingerprint density at radius 1 is 0.231 bits per heavy atom. The molecular weight excluding hydrogens is 793 g/mol. The highest BCUT2D eigenvalue weighted by atomic mass is 16.3. The molecule has 65 heavy (non-hydrogen) atoms. The first-order valence-electron chi connectivity index (χ1n) is 22.3. The quantitative estimate of drug-likeness (QED) is 0.174. The fourth-order valence-corrected chi connectivity index (χ4v) is 11.3. The van der Waals surface area contributed by atoms with Crippen LogP contribution in [-0.4, -0.2) is 18.3 Å². The summed E-state index contributed by atoms with van der Waals surface area (Å²) in [7, 11) is 0. The average Bonchev–Trinajstić information content (AvgIpc) is 4.16. The normalized spacial score (nSPS) is 12.3. The molecule has 0 saturated carbocycles. The van der Waals surface area contributed by atoms with Crippen LogP contribution in [0.2, 0.25) is 0 Å². The van der Waals surface area contributed by atoms with Crippen LogP contribution in [0.5, 0.6) is 0 Å². The Hall–Kier alpha value is -8.80. The van der Waals surface area contributed by atoms with Crippen molar-refractivity contribution in [2.75, 3.05) is 0 Å². The maximum atomic E-state index is 6.77. The second kappa shape index (κ2) is 12.9. The third kappa shape index (κ3) is 4.65. The van der Waals surface area contributed by atoms with Crippen LogP contribution in [0, 0.1) is 0 Å². The molecule has 0 unspecified atom stereocenters. The Balaban J connectivity index is 0.964. The Bertz CT molecular complexity index is 4380. The van der Waals surface area contributed by atoms with Crippen molar-refractivity contribution < 1.29 is 4.42 Å². The van der Waals surface area contributed by atoms with Gasteiger partial charge < -0.3 is 22.7 Å². The van der Waals surface area contributed by atoms with Crippen molar-refractivity contribution in [1.29, 1.82) is 0 Å². The molecule has 5 heteroatoms. The van der Waals surface area contributed by atoms with E-state index in [2.05, 4.69) is 237 Å². The summed E-state index contributed by atoms with van der Waals surface area (Å²) >= 11 is 0. The molecule has 15 aromatic rings. The largest absolute Gasteiger partial charge is 0.456 e. The molecule has 5 aromatic heterocycles. The molecule has 5 heterocycles. The minimum Gasteiger partial charge on any atom is -0.456 e. The van der Waals surface area contributed by atoms with Gasteiger partial charge in [0.2, 0.25) is 0 Å². The van der Waals surface area contributed by atoms with Gasteiger partial charge in [0.1, 0.15) is 11.2 Å². The van der Waals surface area contributed by atoms with E-state index in [9.17, 15) is 0 Å². The number of para-hydroxylation sites is 6. The number of nitrogens with zero attached hydrogens (tertiary/aromatic N) is 4. The first-order valence-corrected chi connectivity index (χ1v) is 22.3. The van der Waals surface area contributed by atoms with Crippen LogP contribution in [0.25, 0.3) is 132 Å². The summed E-state index contributed by atoms with van der Waals surface area (Å²) < 4.78 is 16.5. The third-order valence-corrected chi connectivity index (χ3v) is 13.9. The van der Waals surface area contributed by atoms with Gasteiger partial charge in [-0.05, 0) is 97.1 Å². The molecule has 0 radical (unpaired) electrons. The number of aromatic nitrogens is 4. The minimum absolute atomic E-state index is 0.860. The Labute approximate surface area is 371 Å². The molecule has 0 fully saturated rings. The second-order valence-electron chi connectivity index (χ2n) is 17.3. The predicted octanol–water partition coefficient (Wildman–Crippen LogP) is 16.0. The van der Waals surface area contributed by atoms with E-state index < -0.39 is 0 Å². The molecule has 0 atom stereocenters. The lowest BCUT2D eigenvalue weighted by Crippen LogP contribution is -1.98. The number of furan rings is 1. The van der Waals surface area contributed by atoms with Gasteiger partial charge in [-0.2, -0.15) is 0 Å². The summed E-state index contributed by atoms with van der Waals surface area (Å²) in [6, 6.07) is 79.4. The number of fused-ring (bicyclic) bond motifs is 15. The molecule has 10 aromatic carbocycles. The van der Waals surface area contributed by atoms with Gasteiger partial charge in [-0.3, -0.25) is 0 Å². The smallest absolute Gasteiger partial charge is 0.137 e. The predicted molar refractivity (Wildman–Crippen MR) is 271 cm³/mol. The van der Waals surface area contributed by atoms with Gasteiger partial charge in [-0.15, -0.1) is 0 Å². The van der Waals surface area contributed by atoms with E-state index in [1.807, 2.05) is 0 Å². The first-order chi connectivity index (χ1) is 32.3. The summed E-state index contributed by atoms with van der Waals surface area (Å²) in [5, 5.41) is 12.0. The van der Waals surface area contributed by atoms with Crippen molar-refractivity contribution in [3.05, 3.63) is 218 Å². The van der Waals surface area contributed by atoms with Gasteiger partial charge in [-0.1, -0.05) is 121 Å². The van der Waals surface area contributed by atoms with E-state index in [4.69, 9.17) is 4.42 Å². The lowest BCUT2D eigenvalue weighted by molar-refractivity contribution is 0.668. The van der Waals surface area contributed by atoms with Gasteiger partial charge in [0, 0.05) is 54.5 Å². The SMILES string of the molecule is c1cc(-n2c3ccccc3c3ccccc32)c2c(c1)oc1cccc(-n3c4ccccc4c4cc(-n5c6ccccc6c6cc(-n7c8ccccc8c8ccccc87)ccc65)ccc43)c12. The fourth-order valence-electron chi connectivity index (χ4n) is 11.3. The molecule has 0 aliphatic carbocycles. The van der Waals surface area contributed by atoms with Crippen LogP contribution >= 0.6 is 0 Å². The molecular formula is C60H36N4O. The molecule has 302 valence electrons. The van der Waals surface area contributed by atoms with Crippen LogP contribution in [0.3, 0.4) is 0 Å². The van der Waals surface area contributed by atoms with Crippen LogP contribution in [0.1, 0.15) is 0 Å². The van der Waals surface area contributed by atoms with Crippen molar-refractivity contribution in [3.63, 3.8) is 0 Å². The highest BCUT2D eigenvalue weighted by Crippen LogP contribution is 2.44. The number of rotatable bonds is 4. The summed E-state index contributed by atoms with van der Waals surface area (Å²) in [5.41, 5.74) is 15.6. The van der Waals surface area contributed by atoms with Crippen molar-refractivity contribution >= 4 is 109 Å². The summed E-state index contributed by atoms with van der Waals surface area (Å²) in [6.07, 6.45) is 0. The molecule has 5 nitrogen and oxygen atoms in total. The summed E-state index contributed by atoms with van der Waals surface area (Å²) in [4.78, 5) is 0. The zero-order valence-electron chi connectivity index (χ0n) is 35.0. The van der Waals surface area contributed by atoms with E-state index in [1.165, 1.54) is 76.2 Å². The highest BCUT2D eigenvalue weighted by Gasteiger charge is 2.23. The number of hydrogen-bond acceptors (Lipinski definition) is 1. The van der Waals surface area contributed by atoms with Gasteiger partial charge in [-0.25, -0.2) is 0 Å². The summed E-state index contributed by atoms with van der Waals surface area (Å²) in [5.74, 6) is 0. The van der Waals surface area contributed by atoms with E-state index in [0.717, 1.165) is 55.7 Å². The molecule has 15 rings (SSSR count). The third-order valence-electron chi connectivity index (χ3n) is 13.9. The maximum Gasteiger partial charge on any atom is 0.137 e. The van der Waals surface area contributed by atoms with E-state index in [-0.39, 0.29) is 0 Å². The van der Waals surface area contributed by atoms with Gasteiger partial charge in [0.25, 0.3) is 0 Å². The van der Waals surface area contributed by atoms with Crippen molar-refractivity contribution in [1.82, 2.24) is 18.3 Å². The van der Waals surface area contributed by atoms with Crippen LogP contribution in [-0.2, 0) is 0 Å². The average molecular weight is 829 g/mol.